The molecule has 17 heavy (non-hydrogen) atoms. The molecule has 7 heteroatoms. The predicted octanol–water partition coefficient (Wildman–Crippen LogP) is 0.814. The Morgan fingerprint density at radius 2 is 2.41 bits per heavy atom. The number of rotatable bonds is 6. The number of nitrogens with one attached hydrogen (secondary N) is 2. The Bertz CT molecular complexity index is 400. The van der Waals surface area contributed by atoms with Crippen LogP contribution < -0.4 is 5.32 Å². The fourth-order valence-electron chi connectivity index (χ4n) is 1.31. The van der Waals surface area contributed by atoms with Gasteiger partial charge in [-0.05, 0) is 19.8 Å². The standard InChI is InChI=1S/C10H15N3O4/c1-7(14)3-2-4-11-10(15)9-5-8(6-12-9)13(16)17/h5-7,12,14H,2-4H2,1H3,(H,11,15). The Hall–Kier alpha value is -1.89. The number of H-pyrrole nitrogens is 1. The average Bonchev–Trinajstić information content (AvgIpc) is 2.73. The summed E-state index contributed by atoms with van der Waals surface area (Å²) < 4.78 is 0. The van der Waals surface area contributed by atoms with Gasteiger partial charge in [-0.2, -0.15) is 0 Å². The van der Waals surface area contributed by atoms with Crippen LogP contribution in [0.2, 0.25) is 0 Å². The number of hydrogen-bond acceptors (Lipinski definition) is 4. The summed E-state index contributed by atoms with van der Waals surface area (Å²) in [7, 11) is 0. The first-order valence-electron chi connectivity index (χ1n) is 5.29. The van der Waals surface area contributed by atoms with Crippen LogP contribution in [0.3, 0.4) is 0 Å². The summed E-state index contributed by atoms with van der Waals surface area (Å²) in [5, 5.41) is 22.0. The molecule has 0 aromatic carbocycles. The number of aliphatic hydroxyl groups is 1. The van der Waals surface area contributed by atoms with Gasteiger partial charge in [0.15, 0.2) is 0 Å². The van der Waals surface area contributed by atoms with E-state index in [0.29, 0.717) is 19.4 Å². The highest BCUT2D eigenvalue weighted by Gasteiger charge is 2.13. The zero-order chi connectivity index (χ0) is 12.8. The largest absolute Gasteiger partial charge is 0.393 e. The average molecular weight is 241 g/mol. The molecule has 1 atom stereocenters. The minimum absolute atomic E-state index is 0.140. The van der Waals surface area contributed by atoms with Crippen molar-refractivity contribution >= 4 is 11.6 Å². The number of hydrogen-bond donors (Lipinski definition) is 3. The van der Waals surface area contributed by atoms with Gasteiger partial charge in [-0.15, -0.1) is 0 Å². The molecule has 1 rings (SSSR count). The molecule has 7 nitrogen and oxygen atoms in total. The first kappa shape index (κ1) is 13.2. The van der Waals surface area contributed by atoms with Crippen molar-refractivity contribution in [1.29, 1.82) is 0 Å². The number of carbonyl (C=O) groups excluding carboxylic acids is 1. The fourth-order valence-corrected chi connectivity index (χ4v) is 1.31. The fraction of sp³-hybridized carbons (Fsp3) is 0.500. The van der Waals surface area contributed by atoms with E-state index in [1.807, 2.05) is 0 Å². The lowest BCUT2D eigenvalue weighted by molar-refractivity contribution is -0.384. The van der Waals surface area contributed by atoms with E-state index in [1.54, 1.807) is 6.92 Å². The topological polar surface area (TPSA) is 108 Å². The normalized spacial score (nSPS) is 12.1. The van der Waals surface area contributed by atoms with E-state index in [9.17, 15) is 14.9 Å². The second-order valence-electron chi connectivity index (χ2n) is 3.78. The monoisotopic (exact) mass is 241 g/mol. The van der Waals surface area contributed by atoms with Gasteiger partial charge < -0.3 is 15.4 Å². The maximum atomic E-state index is 11.5. The Labute approximate surface area is 98.0 Å². The van der Waals surface area contributed by atoms with Crippen LogP contribution in [0.25, 0.3) is 0 Å². The van der Waals surface area contributed by atoms with Crippen LogP contribution in [0.5, 0.6) is 0 Å². The first-order valence-corrected chi connectivity index (χ1v) is 5.29. The van der Waals surface area contributed by atoms with E-state index in [1.165, 1.54) is 12.3 Å². The van der Waals surface area contributed by atoms with Gasteiger partial charge in [0, 0.05) is 12.6 Å². The maximum absolute atomic E-state index is 11.5. The number of aliphatic hydroxyl groups excluding tert-OH is 1. The van der Waals surface area contributed by atoms with Crippen molar-refractivity contribution in [2.75, 3.05) is 6.54 Å². The molecule has 0 saturated heterocycles. The zero-order valence-electron chi connectivity index (χ0n) is 9.47. The molecule has 0 aliphatic rings. The quantitative estimate of drug-likeness (QED) is 0.389. The molecule has 94 valence electrons. The number of aromatic amines is 1. The van der Waals surface area contributed by atoms with Gasteiger partial charge >= 0.3 is 0 Å². The molecule has 0 spiro atoms. The van der Waals surface area contributed by atoms with Gasteiger partial charge in [-0.1, -0.05) is 0 Å². The van der Waals surface area contributed by atoms with E-state index in [4.69, 9.17) is 5.11 Å². The molecule has 1 amide bonds. The molecular formula is C10H15N3O4. The summed E-state index contributed by atoms with van der Waals surface area (Å²) in [5.41, 5.74) is 0.0212. The summed E-state index contributed by atoms with van der Waals surface area (Å²) in [6.07, 6.45) is 2.04. The summed E-state index contributed by atoms with van der Waals surface area (Å²) >= 11 is 0. The minimum Gasteiger partial charge on any atom is -0.393 e. The Kier molecular flexibility index (Phi) is 4.65. The minimum atomic E-state index is -0.569. The van der Waals surface area contributed by atoms with Gasteiger partial charge in [0.25, 0.3) is 11.6 Å². The lowest BCUT2D eigenvalue weighted by Gasteiger charge is -2.05. The third kappa shape index (κ3) is 4.23. The van der Waals surface area contributed by atoms with Crippen molar-refractivity contribution in [2.24, 2.45) is 0 Å². The highest BCUT2D eigenvalue weighted by Crippen LogP contribution is 2.11. The molecule has 1 aromatic heterocycles. The predicted molar refractivity (Wildman–Crippen MR) is 60.7 cm³/mol. The molecule has 1 aromatic rings. The third-order valence-corrected chi connectivity index (χ3v) is 2.21. The zero-order valence-corrected chi connectivity index (χ0v) is 9.47. The molecule has 3 N–H and O–H groups in total. The van der Waals surface area contributed by atoms with Crippen LogP contribution in [0.4, 0.5) is 5.69 Å². The molecule has 1 heterocycles. The molecule has 0 aliphatic heterocycles. The lowest BCUT2D eigenvalue weighted by Crippen LogP contribution is -2.25. The van der Waals surface area contributed by atoms with Crippen molar-refractivity contribution < 1.29 is 14.8 Å². The summed E-state index contributed by atoms with van der Waals surface area (Å²) in [6, 6.07) is 1.18. The van der Waals surface area contributed by atoms with Gasteiger partial charge in [0.2, 0.25) is 0 Å². The van der Waals surface area contributed by atoms with E-state index >= 15 is 0 Å². The van der Waals surface area contributed by atoms with Crippen molar-refractivity contribution in [2.45, 2.75) is 25.9 Å². The summed E-state index contributed by atoms with van der Waals surface area (Å²) in [6.45, 7) is 2.10. The molecule has 0 radical (unpaired) electrons. The highest BCUT2D eigenvalue weighted by atomic mass is 16.6. The van der Waals surface area contributed by atoms with Crippen LogP contribution in [-0.2, 0) is 0 Å². The van der Waals surface area contributed by atoms with Gasteiger partial charge in [0.1, 0.15) is 5.69 Å². The second-order valence-corrected chi connectivity index (χ2v) is 3.78. The Morgan fingerprint density at radius 3 is 2.94 bits per heavy atom. The molecule has 0 saturated carbocycles. The van der Waals surface area contributed by atoms with Crippen LogP contribution in [-0.4, -0.2) is 33.6 Å². The highest BCUT2D eigenvalue weighted by molar-refractivity contribution is 5.93. The Morgan fingerprint density at radius 1 is 1.71 bits per heavy atom. The third-order valence-electron chi connectivity index (χ3n) is 2.21. The van der Waals surface area contributed by atoms with E-state index in [-0.39, 0.29) is 17.3 Å². The lowest BCUT2D eigenvalue weighted by atomic mass is 10.2. The van der Waals surface area contributed by atoms with Crippen molar-refractivity contribution in [3.05, 3.63) is 28.1 Å². The van der Waals surface area contributed by atoms with E-state index in [0.717, 1.165) is 0 Å². The Balaban J connectivity index is 2.39. The van der Waals surface area contributed by atoms with Crippen molar-refractivity contribution in [3.8, 4) is 0 Å². The number of aromatic nitrogens is 1. The number of carbonyl (C=O) groups is 1. The van der Waals surface area contributed by atoms with Crippen molar-refractivity contribution in [3.63, 3.8) is 0 Å². The van der Waals surface area contributed by atoms with Crippen LogP contribution in [0.15, 0.2) is 12.3 Å². The van der Waals surface area contributed by atoms with Gasteiger partial charge in [-0.3, -0.25) is 14.9 Å². The van der Waals surface area contributed by atoms with Gasteiger partial charge in [0.05, 0.1) is 17.2 Å². The number of nitro groups is 1. The molecule has 1 unspecified atom stereocenters. The molecular weight excluding hydrogens is 226 g/mol. The smallest absolute Gasteiger partial charge is 0.287 e. The molecule has 0 bridgehead atoms. The van der Waals surface area contributed by atoms with Crippen LogP contribution in [0, 0.1) is 10.1 Å². The van der Waals surface area contributed by atoms with Crippen LogP contribution in [0.1, 0.15) is 30.3 Å². The summed E-state index contributed by atoms with van der Waals surface area (Å²) in [5.74, 6) is -0.385. The SMILES string of the molecule is CC(O)CCCNC(=O)c1cc([N+](=O)[O-])c[nH]1. The van der Waals surface area contributed by atoms with Crippen LogP contribution >= 0.6 is 0 Å². The second kappa shape index (κ2) is 6.00. The number of amides is 1. The molecule has 0 fully saturated rings. The maximum Gasteiger partial charge on any atom is 0.287 e. The van der Waals surface area contributed by atoms with Gasteiger partial charge in [-0.25, -0.2) is 0 Å². The number of nitrogens with zero attached hydrogens (tertiary/aromatic N) is 1. The first-order chi connectivity index (χ1) is 8.00. The van der Waals surface area contributed by atoms with E-state index < -0.39 is 11.0 Å². The van der Waals surface area contributed by atoms with E-state index in [2.05, 4.69) is 10.3 Å². The molecule has 0 aliphatic carbocycles. The van der Waals surface area contributed by atoms with Crippen molar-refractivity contribution in [1.82, 2.24) is 10.3 Å². The summed E-state index contributed by atoms with van der Waals surface area (Å²) in [4.78, 5) is 23.9.